The van der Waals surface area contributed by atoms with E-state index in [0.29, 0.717) is 11.4 Å². The second kappa shape index (κ2) is 12.3. The number of benzene rings is 4. The molecule has 0 saturated carbocycles. The predicted octanol–water partition coefficient (Wildman–Crippen LogP) is 6.41. The Morgan fingerprint density at radius 2 is 1.53 bits per heavy atom. The van der Waals surface area contributed by atoms with Crippen LogP contribution >= 0.6 is 15.9 Å². The van der Waals surface area contributed by atoms with Gasteiger partial charge < -0.3 is 10.1 Å². The molecule has 4 aromatic carbocycles. The van der Waals surface area contributed by atoms with Crippen LogP contribution in [0.1, 0.15) is 29.7 Å². The number of rotatable bonds is 10. The Morgan fingerprint density at radius 1 is 0.895 bits per heavy atom. The number of nitrogens with zero attached hydrogens (tertiary/aromatic N) is 1. The fraction of sp³-hybridized carbons (Fsp3) is 0.167. The SMILES string of the molecule is Cc1ccc(S(=O)(=O)N(Cc2ccccc2)c2ccc(OCC(=O)N[C@@H](C)c3ccc(Br)cc3)cc2)cc1. The van der Waals surface area contributed by atoms with Gasteiger partial charge >= 0.3 is 0 Å². The Labute approximate surface area is 232 Å². The minimum Gasteiger partial charge on any atom is -0.484 e. The molecule has 0 saturated heterocycles. The fourth-order valence-corrected chi connectivity index (χ4v) is 5.59. The quantitative estimate of drug-likeness (QED) is 0.231. The summed E-state index contributed by atoms with van der Waals surface area (Å²) in [7, 11) is -3.82. The molecule has 0 fully saturated rings. The molecular weight excluding hydrogens is 564 g/mol. The number of anilines is 1. The van der Waals surface area contributed by atoms with Gasteiger partial charge in [0.1, 0.15) is 5.75 Å². The lowest BCUT2D eigenvalue weighted by Crippen LogP contribution is -2.31. The molecule has 0 bridgehead atoms. The molecule has 1 atom stereocenters. The van der Waals surface area contributed by atoms with Gasteiger partial charge in [-0.1, -0.05) is 76.1 Å². The number of hydrogen-bond acceptors (Lipinski definition) is 4. The second-order valence-corrected chi connectivity index (χ2v) is 11.7. The maximum absolute atomic E-state index is 13.6. The van der Waals surface area contributed by atoms with E-state index >= 15 is 0 Å². The van der Waals surface area contributed by atoms with Crippen LogP contribution in [0.5, 0.6) is 5.75 Å². The zero-order valence-electron chi connectivity index (χ0n) is 21.2. The third-order valence-corrected chi connectivity index (χ3v) is 8.34. The van der Waals surface area contributed by atoms with Crippen LogP contribution in [0.3, 0.4) is 0 Å². The van der Waals surface area contributed by atoms with Crippen molar-refractivity contribution >= 4 is 37.5 Å². The Hall–Kier alpha value is -3.62. The third kappa shape index (κ3) is 7.02. The van der Waals surface area contributed by atoms with Crippen molar-refractivity contribution in [3.05, 3.63) is 124 Å². The van der Waals surface area contributed by atoms with Crippen LogP contribution in [0.15, 0.2) is 112 Å². The van der Waals surface area contributed by atoms with Crippen molar-refractivity contribution in [1.29, 1.82) is 0 Å². The van der Waals surface area contributed by atoms with E-state index in [2.05, 4.69) is 21.2 Å². The van der Waals surface area contributed by atoms with Crippen LogP contribution in [0, 0.1) is 6.92 Å². The lowest BCUT2D eigenvalue weighted by molar-refractivity contribution is -0.123. The molecule has 0 heterocycles. The van der Waals surface area contributed by atoms with Gasteiger partial charge in [0.15, 0.2) is 6.61 Å². The zero-order chi connectivity index (χ0) is 27.1. The maximum atomic E-state index is 13.6. The number of nitrogens with one attached hydrogen (secondary N) is 1. The van der Waals surface area contributed by atoms with Crippen LogP contribution in [-0.4, -0.2) is 20.9 Å². The molecule has 0 unspecified atom stereocenters. The molecule has 196 valence electrons. The highest BCUT2D eigenvalue weighted by Gasteiger charge is 2.25. The zero-order valence-corrected chi connectivity index (χ0v) is 23.6. The molecule has 8 heteroatoms. The Morgan fingerprint density at radius 3 is 2.16 bits per heavy atom. The molecule has 0 radical (unpaired) electrons. The molecule has 6 nitrogen and oxygen atoms in total. The van der Waals surface area contributed by atoms with E-state index < -0.39 is 10.0 Å². The average molecular weight is 594 g/mol. The molecule has 4 aromatic rings. The second-order valence-electron chi connectivity index (χ2n) is 8.93. The fourth-order valence-electron chi connectivity index (χ4n) is 3.88. The number of carbonyl (C=O) groups is 1. The first-order valence-corrected chi connectivity index (χ1v) is 14.4. The molecule has 1 amide bonds. The molecule has 1 N–H and O–H groups in total. The number of aryl methyl sites for hydroxylation is 1. The normalized spacial score (nSPS) is 12.0. The smallest absolute Gasteiger partial charge is 0.264 e. The molecule has 4 rings (SSSR count). The number of ether oxygens (including phenoxy) is 1. The van der Waals surface area contributed by atoms with Gasteiger partial charge in [-0.2, -0.15) is 0 Å². The van der Waals surface area contributed by atoms with Gasteiger partial charge in [-0.3, -0.25) is 9.10 Å². The third-order valence-electron chi connectivity index (χ3n) is 6.02. The van der Waals surface area contributed by atoms with Crippen LogP contribution in [-0.2, 0) is 21.4 Å². The first kappa shape index (κ1) is 27.4. The molecule has 0 aliphatic carbocycles. The van der Waals surface area contributed by atoms with Crippen molar-refractivity contribution < 1.29 is 17.9 Å². The number of carbonyl (C=O) groups excluding carboxylic acids is 1. The van der Waals surface area contributed by atoms with Crippen molar-refractivity contribution in [3.8, 4) is 5.75 Å². The van der Waals surface area contributed by atoms with Gasteiger partial charge in [0.2, 0.25) is 0 Å². The molecule has 0 aliphatic rings. The van der Waals surface area contributed by atoms with Crippen molar-refractivity contribution in [2.45, 2.75) is 31.3 Å². The number of sulfonamides is 1. The van der Waals surface area contributed by atoms with Gasteiger partial charge in [-0.25, -0.2) is 8.42 Å². The summed E-state index contributed by atoms with van der Waals surface area (Å²) in [4.78, 5) is 12.6. The first-order valence-electron chi connectivity index (χ1n) is 12.1. The maximum Gasteiger partial charge on any atom is 0.264 e. The van der Waals surface area contributed by atoms with E-state index in [1.165, 1.54) is 4.31 Å². The van der Waals surface area contributed by atoms with Crippen molar-refractivity contribution in [2.75, 3.05) is 10.9 Å². The summed E-state index contributed by atoms with van der Waals surface area (Å²) in [5.41, 5.74) is 3.32. The molecule has 0 aromatic heterocycles. The number of hydrogen-bond donors (Lipinski definition) is 1. The molecule has 0 aliphatic heterocycles. The monoisotopic (exact) mass is 592 g/mol. The summed E-state index contributed by atoms with van der Waals surface area (Å²) in [6, 6.07) is 30.5. The van der Waals surface area contributed by atoms with Crippen molar-refractivity contribution in [3.63, 3.8) is 0 Å². The topological polar surface area (TPSA) is 75.7 Å². The van der Waals surface area contributed by atoms with Gasteiger partial charge in [0, 0.05) is 4.47 Å². The standard InChI is InChI=1S/C30H29BrN2O4S/c1-22-8-18-29(19-9-22)38(35,36)33(20-24-6-4-3-5-7-24)27-14-16-28(17-15-27)37-21-30(34)32-23(2)25-10-12-26(31)13-11-25/h3-19,23H,20-21H2,1-2H3,(H,32,34)/t23-/m0/s1. The van der Waals surface area contributed by atoms with E-state index in [-0.39, 0.29) is 30.0 Å². The molecule has 38 heavy (non-hydrogen) atoms. The van der Waals surface area contributed by atoms with Gasteiger partial charge in [-0.15, -0.1) is 0 Å². The Bertz CT molecular complexity index is 1460. The van der Waals surface area contributed by atoms with E-state index in [1.54, 1.807) is 48.5 Å². The number of halogens is 1. The van der Waals surface area contributed by atoms with E-state index in [9.17, 15) is 13.2 Å². The average Bonchev–Trinajstić information content (AvgIpc) is 2.92. The summed E-state index contributed by atoms with van der Waals surface area (Å²) < 4.78 is 35.3. The largest absolute Gasteiger partial charge is 0.484 e. The van der Waals surface area contributed by atoms with E-state index in [4.69, 9.17) is 4.74 Å². The lowest BCUT2D eigenvalue weighted by atomic mass is 10.1. The highest BCUT2D eigenvalue weighted by atomic mass is 79.9. The summed E-state index contributed by atoms with van der Waals surface area (Å²) in [5, 5.41) is 2.92. The molecule has 0 spiro atoms. The molecular formula is C30H29BrN2O4S. The highest BCUT2D eigenvalue weighted by molar-refractivity contribution is 9.10. The first-order chi connectivity index (χ1) is 18.2. The van der Waals surface area contributed by atoms with Crippen LogP contribution in [0.25, 0.3) is 0 Å². The summed E-state index contributed by atoms with van der Waals surface area (Å²) >= 11 is 3.41. The Kier molecular flexibility index (Phi) is 8.86. The minimum absolute atomic E-state index is 0.157. The van der Waals surface area contributed by atoms with Crippen LogP contribution in [0.2, 0.25) is 0 Å². The van der Waals surface area contributed by atoms with Gasteiger partial charge in [0.25, 0.3) is 15.9 Å². The predicted molar refractivity (Wildman–Crippen MR) is 154 cm³/mol. The minimum atomic E-state index is -3.82. The van der Waals surface area contributed by atoms with Crippen LogP contribution in [0.4, 0.5) is 5.69 Å². The number of amides is 1. The van der Waals surface area contributed by atoms with Gasteiger partial charge in [-0.05, 0) is 73.5 Å². The van der Waals surface area contributed by atoms with Crippen molar-refractivity contribution in [2.24, 2.45) is 0 Å². The lowest BCUT2D eigenvalue weighted by Gasteiger charge is -2.25. The van der Waals surface area contributed by atoms with E-state index in [1.807, 2.05) is 68.4 Å². The van der Waals surface area contributed by atoms with Crippen LogP contribution < -0.4 is 14.4 Å². The van der Waals surface area contributed by atoms with Crippen molar-refractivity contribution in [1.82, 2.24) is 5.32 Å². The summed E-state index contributed by atoms with van der Waals surface area (Å²) in [6.07, 6.45) is 0. The summed E-state index contributed by atoms with van der Waals surface area (Å²) in [6.45, 7) is 3.84. The highest BCUT2D eigenvalue weighted by Crippen LogP contribution is 2.28. The van der Waals surface area contributed by atoms with E-state index in [0.717, 1.165) is 21.2 Å². The Balaban J connectivity index is 1.47. The van der Waals surface area contributed by atoms with Gasteiger partial charge in [0.05, 0.1) is 23.2 Å². The summed E-state index contributed by atoms with van der Waals surface area (Å²) in [5.74, 6) is 0.213.